The number of thiazole rings is 1. The van der Waals surface area contributed by atoms with Crippen molar-refractivity contribution in [2.45, 2.75) is 13.3 Å². The largest absolute Gasteiger partial charge is 0.351 e. The fraction of sp³-hybridized carbons (Fsp3) is 0.286. The van der Waals surface area contributed by atoms with Crippen LogP contribution in [0.5, 0.6) is 0 Å². The smallest absolute Gasteiger partial charge is 0.261 e. The van der Waals surface area contributed by atoms with E-state index in [0.717, 1.165) is 22.6 Å². The van der Waals surface area contributed by atoms with E-state index in [4.69, 9.17) is 5.73 Å². The summed E-state index contributed by atoms with van der Waals surface area (Å²) in [5.74, 6) is 5.73. The molecule has 0 bridgehead atoms. The number of nitrogens with two attached hydrogens (primary N) is 1. The molecule has 20 heavy (non-hydrogen) atoms. The van der Waals surface area contributed by atoms with Gasteiger partial charge in [-0.2, -0.15) is 0 Å². The maximum Gasteiger partial charge on any atom is 0.261 e. The van der Waals surface area contributed by atoms with Crippen LogP contribution in [0.25, 0.3) is 0 Å². The lowest BCUT2D eigenvalue weighted by molar-refractivity contribution is 0.0958. The number of nitrogens with zero attached hydrogens (tertiary/aromatic N) is 1. The highest BCUT2D eigenvalue weighted by Gasteiger charge is 2.11. The summed E-state index contributed by atoms with van der Waals surface area (Å²) in [5.41, 5.74) is 9.17. The molecule has 0 aliphatic rings. The second-order valence-corrected chi connectivity index (χ2v) is 5.89. The van der Waals surface area contributed by atoms with Crippen LogP contribution in [0.1, 0.15) is 25.8 Å². The predicted molar refractivity (Wildman–Crippen MR) is 83.1 cm³/mol. The van der Waals surface area contributed by atoms with Gasteiger partial charge in [-0.1, -0.05) is 11.8 Å². The van der Waals surface area contributed by atoms with E-state index in [1.807, 2.05) is 18.4 Å². The summed E-state index contributed by atoms with van der Waals surface area (Å²) in [6.07, 6.45) is 0.749. The minimum Gasteiger partial charge on any atom is -0.351 e. The molecular formula is C14H15N3OS2. The van der Waals surface area contributed by atoms with Crippen LogP contribution in [0, 0.1) is 18.8 Å². The molecule has 0 aliphatic carbocycles. The van der Waals surface area contributed by atoms with Gasteiger partial charge in [-0.05, 0) is 18.6 Å². The van der Waals surface area contributed by atoms with E-state index >= 15 is 0 Å². The van der Waals surface area contributed by atoms with Crippen molar-refractivity contribution in [3.8, 4) is 11.8 Å². The third-order valence-corrected chi connectivity index (χ3v) is 4.38. The third kappa shape index (κ3) is 3.90. The molecule has 0 radical (unpaired) electrons. The molecule has 104 valence electrons. The zero-order chi connectivity index (χ0) is 14.4. The van der Waals surface area contributed by atoms with Crippen molar-refractivity contribution in [1.29, 1.82) is 0 Å². The molecule has 0 aromatic carbocycles. The van der Waals surface area contributed by atoms with Gasteiger partial charge in [0.15, 0.2) is 0 Å². The molecule has 0 saturated heterocycles. The van der Waals surface area contributed by atoms with Gasteiger partial charge in [0, 0.05) is 18.3 Å². The first kappa shape index (κ1) is 14.7. The molecule has 0 saturated carbocycles. The maximum atomic E-state index is 12.0. The fourth-order valence-electron chi connectivity index (χ4n) is 1.60. The summed E-state index contributed by atoms with van der Waals surface area (Å²) >= 11 is 2.96. The van der Waals surface area contributed by atoms with Gasteiger partial charge >= 0.3 is 0 Å². The molecular weight excluding hydrogens is 290 g/mol. The minimum atomic E-state index is -0.0610. The summed E-state index contributed by atoms with van der Waals surface area (Å²) < 4.78 is 0. The summed E-state index contributed by atoms with van der Waals surface area (Å²) in [7, 11) is 0. The van der Waals surface area contributed by atoms with Crippen LogP contribution in [0.3, 0.4) is 0 Å². The first-order valence-corrected chi connectivity index (χ1v) is 7.91. The second kappa shape index (κ2) is 7.20. The summed E-state index contributed by atoms with van der Waals surface area (Å²) in [6.45, 7) is 2.86. The molecule has 0 atom stereocenters. The van der Waals surface area contributed by atoms with Crippen LogP contribution in [-0.2, 0) is 6.42 Å². The molecule has 2 aromatic rings. The predicted octanol–water partition coefficient (Wildman–Crippen LogP) is 1.80. The lowest BCUT2D eigenvalue weighted by Gasteiger charge is -2.01. The average molecular weight is 305 g/mol. The Balaban J connectivity index is 1.92. The van der Waals surface area contributed by atoms with E-state index in [-0.39, 0.29) is 5.91 Å². The Morgan fingerprint density at radius 1 is 1.55 bits per heavy atom. The molecule has 2 aromatic heterocycles. The standard InChI is InChI=1S/C14H15N3OS2/c1-10-7-13(20-12(10)3-2-5-15)14(18)16-6-4-11-8-19-9-17-11/h7-9H,4-6,15H2,1H3,(H,16,18). The Morgan fingerprint density at radius 2 is 2.40 bits per heavy atom. The van der Waals surface area contributed by atoms with Gasteiger partial charge in [0.2, 0.25) is 0 Å². The first-order valence-electron chi connectivity index (χ1n) is 6.15. The molecule has 1 amide bonds. The number of amides is 1. The molecule has 6 heteroatoms. The quantitative estimate of drug-likeness (QED) is 0.846. The Kier molecular flexibility index (Phi) is 5.30. The Morgan fingerprint density at radius 3 is 3.10 bits per heavy atom. The highest BCUT2D eigenvalue weighted by atomic mass is 32.1. The summed E-state index contributed by atoms with van der Waals surface area (Å²) in [4.78, 5) is 17.8. The van der Waals surface area contributed by atoms with Gasteiger partial charge in [-0.25, -0.2) is 4.98 Å². The van der Waals surface area contributed by atoms with Gasteiger partial charge in [-0.3, -0.25) is 4.79 Å². The van der Waals surface area contributed by atoms with Gasteiger partial charge in [-0.15, -0.1) is 22.7 Å². The Bertz CT molecular complexity index is 635. The van der Waals surface area contributed by atoms with E-state index in [9.17, 15) is 4.79 Å². The lowest BCUT2D eigenvalue weighted by atomic mass is 10.2. The number of aromatic nitrogens is 1. The van der Waals surface area contributed by atoms with Crippen LogP contribution in [0.15, 0.2) is 17.0 Å². The van der Waals surface area contributed by atoms with Crippen LogP contribution in [0.4, 0.5) is 0 Å². The van der Waals surface area contributed by atoms with Crippen molar-refractivity contribution < 1.29 is 4.79 Å². The molecule has 4 nitrogen and oxygen atoms in total. The van der Waals surface area contributed by atoms with E-state index in [0.29, 0.717) is 18.0 Å². The number of rotatable bonds is 4. The van der Waals surface area contributed by atoms with E-state index < -0.39 is 0 Å². The van der Waals surface area contributed by atoms with Crippen molar-refractivity contribution >= 4 is 28.6 Å². The number of aryl methyl sites for hydroxylation is 1. The number of carbonyl (C=O) groups is 1. The van der Waals surface area contributed by atoms with Gasteiger partial charge < -0.3 is 11.1 Å². The zero-order valence-electron chi connectivity index (χ0n) is 11.1. The maximum absolute atomic E-state index is 12.0. The molecule has 3 N–H and O–H groups in total. The molecule has 0 spiro atoms. The van der Waals surface area contributed by atoms with Crippen LogP contribution < -0.4 is 11.1 Å². The first-order chi connectivity index (χ1) is 9.70. The lowest BCUT2D eigenvalue weighted by Crippen LogP contribution is -2.24. The van der Waals surface area contributed by atoms with Crippen molar-refractivity contribution in [3.63, 3.8) is 0 Å². The topological polar surface area (TPSA) is 68.0 Å². The van der Waals surface area contributed by atoms with Gasteiger partial charge in [0.1, 0.15) is 0 Å². The molecule has 2 heterocycles. The normalized spacial score (nSPS) is 9.90. The van der Waals surface area contributed by atoms with Crippen LogP contribution >= 0.6 is 22.7 Å². The second-order valence-electron chi connectivity index (χ2n) is 4.11. The number of hydrogen-bond acceptors (Lipinski definition) is 5. The SMILES string of the molecule is Cc1cc(C(=O)NCCc2cscn2)sc1C#CCN. The van der Waals surface area contributed by atoms with Crippen LogP contribution in [-0.4, -0.2) is 24.0 Å². The van der Waals surface area contributed by atoms with E-state index in [2.05, 4.69) is 22.1 Å². The van der Waals surface area contributed by atoms with E-state index in [1.54, 1.807) is 16.8 Å². The van der Waals surface area contributed by atoms with Crippen LogP contribution in [0.2, 0.25) is 0 Å². The Labute approximate surface area is 126 Å². The van der Waals surface area contributed by atoms with Crippen molar-refractivity contribution in [2.24, 2.45) is 5.73 Å². The highest BCUT2D eigenvalue weighted by molar-refractivity contribution is 7.14. The van der Waals surface area contributed by atoms with Crippen molar-refractivity contribution in [3.05, 3.63) is 38.0 Å². The third-order valence-electron chi connectivity index (χ3n) is 2.60. The Hall–Kier alpha value is -1.68. The number of carbonyl (C=O) groups excluding carboxylic acids is 1. The van der Waals surface area contributed by atoms with Gasteiger partial charge in [0.25, 0.3) is 5.91 Å². The summed E-state index contributed by atoms with van der Waals surface area (Å²) in [6, 6.07) is 1.86. The molecule has 0 unspecified atom stereocenters. The highest BCUT2D eigenvalue weighted by Crippen LogP contribution is 2.20. The van der Waals surface area contributed by atoms with Crippen molar-refractivity contribution in [2.75, 3.05) is 13.1 Å². The van der Waals surface area contributed by atoms with Gasteiger partial charge in [0.05, 0.1) is 27.5 Å². The minimum absolute atomic E-state index is 0.0610. The molecule has 2 rings (SSSR count). The average Bonchev–Trinajstić information content (AvgIpc) is 3.06. The fourth-order valence-corrected chi connectivity index (χ4v) is 3.16. The number of nitrogens with one attached hydrogen (secondary N) is 1. The number of hydrogen-bond donors (Lipinski definition) is 2. The summed E-state index contributed by atoms with van der Waals surface area (Å²) in [5, 5.41) is 4.89. The molecule has 0 fully saturated rings. The zero-order valence-corrected chi connectivity index (χ0v) is 12.7. The van der Waals surface area contributed by atoms with Crippen molar-refractivity contribution in [1.82, 2.24) is 10.3 Å². The molecule has 0 aliphatic heterocycles. The number of thiophene rings is 1. The van der Waals surface area contributed by atoms with E-state index in [1.165, 1.54) is 11.3 Å². The monoisotopic (exact) mass is 305 g/mol.